The highest BCUT2D eigenvalue weighted by Gasteiger charge is 2.21. The molecule has 0 unspecified atom stereocenters. The Kier molecular flexibility index (Phi) is 6.82. The van der Waals surface area contributed by atoms with Crippen LogP contribution in [0.5, 0.6) is 0 Å². The summed E-state index contributed by atoms with van der Waals surface area (Å²) in [6.07, 6.45) is 0. The Morgan fingerprint density at radius 2 is 0.907 bits per heavy atom. The highest BCUT2D eigenvalue weighted by Crippen LogP contribution is 2.40. The summed E-state index contributed by atoms with van der Waals surface area (Å²) in [5.74, 6) is 0.691. The average molecular weight is 689 g/mol. The van der Waals surface area contributed by atoms with Crippen molar-refractivity contribution in [3.8, 4) is 45.1 Å². The standard InChI is InChI=1S/C50H32N4/c1-4-15-33(16-5-1)48-47-41-25-12-13-26-44(41)54(40-23-8-3-9-24-40)50(47)52-49(51-48)38-20-14-19-34(29-38)37-27-28-45-42(31-37)43-30-35-17-10-11-18-36(35)32-46(43)53(45)39-21-6-2-7-22-39/h1-32H. The molecule has 0 fully saturated rings. The van der Waals surface area contributed by atoms with Crippen molar-refractivity contribution in [3.05, 3.63) is 194 Å². The normalized spacial score (nSPS) is 11.7. The molecule has 0 saturated carbocycles. The summed E-state index contributed by atoms with van der Waals surface area (Å²) < 4.78 is 4.66. The average Bonchev–Trinajstić information content (AvgIpc) is 3.75. The van der Waals surface area contributed by atoms with E-state index >= 15 is 0 Å². The third-order valence-electron chi connectivity index (χ3n) is 10.7. The third kappa shape index (κ3) is 4.78. The van der Waals surface area contributed by atoms with E-state index in [1.54, 1.807) is 0 Å². The quantitative estimate of drug-likeness (QED) is 0.180. The highest BCUT2D eigenvalue weighted by atomic mass is 15.1. The van der Waals surface area contributed by atoms with Crippen LogP contribution in [-0.2, 0) is 0 Å². The van der Waals surface area contributed by atoms with E-state index in [9.17, 15) is 0 Å². The Labute approximate surface area is 311 Å². The lowest BCUT2D eigenvalue weighted by atomic mass is 9.99. The predicted molar refractivity (Wildman–Crippen MR) is 225 cm³/mol. The molecule has 54 heavy (non-hydrogen) atoms. The largest absolute Gasteiger partial charge is 0.309 e. The van der Waals surface area contributed by atoms with Gasteiger partial charge in [0.15, 0.2) is 5.82 Å². The van der Waals surface area contributed by atoms with Gasteiger partial charge in [0.2, 0.25) is 0 Å². The van der Waals surface area contributed by atoms with Gasteiger partial charge in [0.1, 0.15) is 5.65 Å². The number of fused-ring (bicyclic) bond motifs is 7. The fraction of sp³-hybridized carbons (Fsp3) is 0. The SMILES string of the molecule is c1ccc(-c2nc(-c3cccc(-c4ccc5c(c4)c4cc6ccccc6cc4n5-c4ccccc4)c3)nc3c2c2ccccc2n3-c2ccccc2)cc1. The smallest absolute Gasteiger partial charge is 0.162 e. The van der Waals surface area contributed by atoms with E-state index in [1.165, 1.54) is 32.6 Å². The molecule has 0 radical (unpaired) electrons. The minimum absolute atomic E-state index is 0.691. The summed E-state index contributed by atoms with van der Waals surface area (Å²) in [6, 6.07) is 69.0. The van der Waals surface area contributed by atoms with E-state index in [4.69, 9.17) is 9.97 Å². The van der Waals surface area contributed by atoms with Crippen molar-refractivity contribution in [1.82, 2.24) is 19.1 Å². The molecule has 252 valence electrons. The molecule has 0 saturated heterocycles. The maximum absolute atomic E-state index is 5.39. The first-order valence-corrected chi connectivity index (χ1v) is 18.3. The van der Waals surface area contributed by atoms with Gasteiger partial charge in [0.05, 0.1) is 27.6 Å². The lowest BCUT2D eigenvalue weighted by molar-refractivity contribution is 1.11. The molecule has 0 spiro atoms. The molecule has 0 atom stereocenters. The number of hydrogen-bond donors (Lipinski definition) is 0. The number of rotatable bonds is 5. The molecule has 4 nitrogen and oxygen atoms in total. The monoisotopic (exact) mass is 688 g/mol. The first-order chi connectivity index (χ1) is 26.8. The van der Waals surface area contributed by atoms with Gasteiger partial charge >= 0.3 is 0 Å². The van der Waals surface area contributed by atoms with Crippen molar-refractivity contribution >= 4 is 54.5 Å². The molecule has 4 heteroatoms. The molecule has 0 aliphatic rings. The minimum atomic E-state index is 0.691. The Balaban J connectivity index is 1.13. The third-order valence-corrected chi connectivity index (χ3v) is 10.7. The maximum Gasteiger partial charge on any atom is 0.162 e. The molecule has 0 aliphatic carbocycles. The molecule has 0 amide bonds. The second-order valence-corrected chi connectivity index (χ2v) is 13.8. The summed E-state index contributed by atoms with van der Waals surface area (Å²) in [4.78, 5) is 10.7. The van der Waals surface area contributed by atoms with Gasteiger partial charge in [-0.05, 0) is 82.6 Å². The van der Waals surface area contributed by atoms with E-state index in [-0.39, 0.29) is 0 Å². The first-order valence-electron chi connectivity index (χ1n) is 18.3. The van der Waals surface area contributed by atoms with Crippen LogP contribution in [0.4, 0.5) is 0 Å². The summed E-state index contributed by atoms with van der Waals surface area (Å²) in [5.41, 5.74) is 11.8. The molecule has 11 rings (SSSR count). The number of nitrogens with zero attached hydrogens (tertiary/aromatic N) is 4. The fourth-order valence-electron chi connectivity index (χ4n) is 8.20. The van der Waals surface area contributed by atoms with Crippen LogP contribution in [0.1, 0.15) is 0 Å². The summed E-state index contributed by atoms with van der Waals surface area (Å²) >= 11 is 0. The number of hydrogen-bond acceptors (Lipinski definition) is 2. The van der Waals surface area contributed by atoms with Gasteiger partial charge in [0, 0.05) is 38.7 Å². The Bertz CT molecular complexity index is 3200. The van der Waals surface area contributed by atoms with Crippen molar-refractivity contribution in [2.24, 2.45) is 0 Å². The highest BCUT2D eigenvalue weighted by molar-refractivity contribution is 6.15. The number of para-hydroxylation sites is 3. The van der Waals surface area contributed by atoms with Crippen molar-refractivity contribution in [3.63, 3.8) is 0 Å². The van der Waals surface area contributed by atoms with Crippen LogP contribution in [0.15, 0.2) is 194 Å². The van der Waals surface area contributed by atoms with E-state index in [0.29, 0.717) is 5.82 Å². The second kappa shape index (κ2) is 12.1. The predicted octanol–water partition coefficient (Wildman–Crippen LogP) is 12.8. The topological polar surface area (TPSA) is 35.6 Å². The van der Waals surface area contributed by atoms with E-state index < -0.39 is 0 Å². The van der Waals surface area contributed by atoms with Gasteiger partial charge in [0.25, 0.3) is 0 Å². The summed E-state index contributed by atoms with van der Waals surface area (Å²) in [7, 11) is 0. The van der Waals surface area contributed by atoms with Gasteiger partial charge in [-0.2, -0.15) is 0 Å². The molecular formula is C50H32N4. The van der Waals surface area contributed by atoms with E-state index in [0.717, 1.165) is 61.3 Å². The van der Waals surface area contributed by atoms with Crippen LogP contribution in [0.2, 0.25) is 0 Å². The minimum Gasteiger partial charge on any atom is -0.309 e. The van der Waals surface area contributed by atoms with Gasteiger partial charge < -0.3 is 4.57 Å². The van der Waals surface area contributed by atoms with Crippen LogP contribution >= 0.6 is 0 Å². The summed E-state index contributed by atoms with van der Waals surface area (Å²) in [5, 5.41) is 7.11. The molecule has 0 bridgehead atoms. The number of benzene rings is 8. The molecule has 0 aliphatic heterocycles. The Morgan fingerprint density at radius 3 is 1.69 bits per heavy atom. The van der Waals surface area contributed by atoms with Gasteiger partial charge in [-0.3, -0.25) is 4.57 Å². The Morgan fingerprint density at radius 1 is 0.333 bits per heavy atom. The van der Waals surface area contributed by atoms with E-state index in [1.807, 2.05) is 0 Å². The fourth-order valence-corrected chi connectivity index (χ4v) is 8.20. The van der Waals surface area contributed by atoms with Crippen LogP contribution in [0.3, 0.4) is 0 Å². The zero-order chi connectivity index (χ0) is 35.6. The van der Waals surface area contributed by atoms with Crippen molar-refractivity contribution in [2.45, 2.75) is 0 Å². The van der Waals surface area contributed by atoms with Crippen LogP contribution in [-0.4, -0.2) is 19.1 Å². The van der Waals surface area contributed by atoms with E-state index in [2.05, 4.69) is 203 Å². The van der Waals surface area contributed by atoms with Crippen molar-refractivity contribution < 1.29 is 0 Å². The van der Waals surface area contributed by atoms with Crippen LogP contribution in [0.25, 0.3) is 99.7 Å². The van der Waals surface area contributed by atoms with Crippen LogP contribution < -0.4 is 0 Å². The molecular weight excluding hydrogens is 657 g/mol. The molecule has 3 heterocycles. The second-order valence-electron chi connectivity index (χ2n) is 13.8. The van der Waals surface area contributed by atoms with Crippen molar-refractivity contribution in [1.29, 1.82) is 0 Å². The zero-order valence-electron chi connectivity index (χ0n) is 29.3. The lowest BCUT2D eigenvalue weighted by Crippen LogP contribution is -1.99. The molecule has 8 aromatic carbocycles. The maximum atomic E-state index is 5.39. The first kappa shape index (κ1) is 30.3. The lowest BCUT2D eigenvalue weighted by Gasteiger charge is -2.11. The summed E-state index contributed by atoms with van der Waals surface area (Å²) in [6.45, 7) is 0. The molecule has 11 aromatic rings. The van der Waals surface area contributed by atoms with Gasteiger partial charge in [-0.1, -0.05) is 133 Å². The van der Waals surface area contributed by atoms with Gasteiger partial charge in [-0.25, -0.2) is 9.97 Å². The molecule has 3 aromatic heterocycles. The molecule has 0 N–H and O–H groups in total. The van der Waals surface area contributed by atoms with Gasteiger partial charge in [-0.15, -0.1) is 0 Å². The zero-order valence-corrected chi connectivity index (χ0v) is 29.3. The Hall–Kier alpha value is -7.30. The van der Waals surface area contributed by atoms with Crippen molar-refractivity contribution in [2.75, 3.05) is 0 Å². The van der Waals surface area contributed by atoms with Crippen LogP contribution in [0, 0.1) is 0 Å². The number of aromatic nitrogens is 4.